The Morgan fingerprint density at radius 2 is 2.11 bits per heavy atom. The number of rotatable bonds is 0. The van der Waals surface area contributed by atoms with Crippen LogP contribution in [-0.4, -0.2) is 34.6 Å². The summed E-state index contributed by atoms with van der Waals surface area (Å²) in [6, 6.07) is 2.13. The Hall–Kier alpha value is -1.75. The van der Waals surface area contributed by atoms with Gasteiger partial charge in [-0.3, -0.25) is 4.99 Å². The quantitative estimate of drug-likeness (QED) is 0.738. The molecular weight excluding hydrogens is 256 g/mol. The SMILES string of the molecule is CC1=Nc2c(sc3nc(C)cc(C)c23)C2=NCCN12. The molecule has 4 rings (SSSR count). The van der Waals surface area contributed by atoms with Gasteiger partial charge in [0.05, 0.1) is 17.1 Å². The Kier molecular flexibility index (Phi) is 2.12. The highest BCUT2D eigenvalue weighted by Gasteiger charge is 2.31. The lowest BCUT2D eigenvalue weighted by molar-refractivity contribution is 0.659. The molecule has 19 heavy (non-hydrogen) atoms. The number of pyridine rings is 1. The van der Waals surface area contributed by atoms with Crippen LogP contribution < -0.4 is 0 Å². The van der Waals surface area contributed by atoms with Gasteiger partial charge in [-0.2, -0.15) is 0 Å². The molecule has 0 aliphatic carbocycles. The standard InChI is InChI=1S/C14H14N4S/c1-7-6-8(2)16-14-10(7)11-12(19-14)13-15-4-5-18(13)9(3)17-11/h6H,4-5H2,1-3H3. The third-order valence-electron chi connectivity index (χ3n) is 3.67. The molecule has 96 valence electrons. The van der Waals surface area contributed by atoms with E-state index in [2.05, 4.69) is 34.8 Å². The van der Waals surface area contributed by atoms with Crippen molar-refractivity contribution in [3.05, 3.63) is 22.2 Å². The average molecular weight is 270 g/mol. The maximum Gasteiger partial charge on any atom is 0.149 e. The van der Waals surface area contributed by atoms with Crippen molar-refractivity contribution < 1.29 is 0 Å². The number of amidine groups is 2. The fourth-order valence-electron chi connectivity index (χ4n) is 2.86. The third-order valence-corrected chi connectivity index (χ3v) is 4.74. The molecule has 0 bridgehead atoms. The Bertz CT molecular complexity index is 769. The van der Waals surface area contributed by atoms with Gasteiger partial charge in [-0.05, 0) is 32.4 Å². The Balaban J connectivity index is 2.11. The van der Waals surface area contributed by atoms with Crippen LogP contribution >= 0.6 is 11.3 Å². The summed E-state index contributed by atoms with van der Waals surface area (Å²) in [5.74, 6) is 2.13. The van der Waals surface area contributed by atoms with Crippen LogP contribution in [0.25, 0.3) is 10.2 Å². The fourth-order valence-corrected chi connectivity index (χ4v) is 4.11. The molecule has 0 radical (unpaired) electrons. The van der Waals surface area contributed by atoms with Gasteiger partial charge in [-0.25, -0.2) is 9.98 Å². The monoisotopic (exact) mass is 270 g/mol. The van der Waals surface area contributed by atoms with Crippen LogP contribution in [0.2, 0.25) is 0 Å². The predicted molar refractivity (Wildman–Crippen MR) is 80.0 cm³/mol. The Morgan fingerprint density at radius 1 is 1.26 bits per heavy atom. The summed E-state index contributed by atoms with van der Waals surface area (Å²) >= 11 is 1.72. The number of hydrogen-bond acceptors (Lipinski definition) is 5. The first-order chi connectivity index (χ1) is 9.15. The van der Waals surface area contributed by atoms with Crippen molar-refractivity contribution >= 4 is 38.9 Å². The second kappa shape index (κ2) is 3.63. The fraction of sp³-hybridized carbons (Fsp3) is 0.357. The molecule has 0 N–H and O–H groups in total. The van der Waals surface area contributed by atoms with Gasteiger partial charge in [0.15, 0.2) is 0 Å². The maximum absolute atomic E-state index is 4.80. The molecule has 5 heteroatoms. The van der Waals surface area contributed by atoms with E-state index in [-0.39, 0.29) is 0 Å². The van der Waals surface area contributed by atoms with Gasteiger partial charge in [0.2, 0.25) is 0 Å². The summed E-state index contributed by atoms with van der Waals surface area (Å²) < 4.78 is 0. The lowest BCUT2D eigenvalue weighted by Crippen LogP contribution is -2.34. The van der Waals surface area contributed by atoms with E-state index in [9.17, 15) is 0 Å². The smallest absolute Gasteiger partial charge is 0.149 e. The molecule has 0 fully saturated rings. The van der Waals surface area contributed by atoms with Crippen molar-refractivity contribution in [2.75, 3.05) is 13.1 Å². The zero-order valence-corrected chi connectivity index (χ0v) is 12.0. The van der Waals surface area contributed by atoms with E-state index in [1.807, 2.05) is 6.92 Å². The topological polar surface area (TPSA) is 40.9 Å². The summed E-state index contributed by atoms with van der Waals surface area (Å²) in [7, 11) is 0. The molecule has 2 aliphatic heterocycles. The van der Waals surface area contributed by atoms with Crippen LogP contribution in [0.4, 0.5) is 5.69 Å². The summed E-state index contributed by atoms with van der Waals surface area (Å²) in [5, 5.41) is 1.19. The van der Waals surface area contributed by atoms with Crippen LogP contribution in [0.5, 0.6) is 0 Å². The van der Waals surface area contributed by atoms with E-state index in [1.54, 1.807) is 11.3 Å². The van der Waals surface area contributed by atoms with Gasteiger partial charge in [-0.15, -0.1) is 11.3 Å². The first kappa shape index (κ1) is 11.1. The minimum atomic E-state index is 0.862. The Labute approximate surface area is 115 Å². The highest BCUT2D eigenvalue weighted by molar-refractivity contribution is 7.21. The molecule has 4 nitrogen and oxygen atoms in total. The van der Waals surface area contributed by atoms with E-state index in [4.69, 9.17) is 4.99 Å². The molecule has 2 aromatic rings. The van der Waals surface area contributed by atoms with Crippen molar-refractivity contribution in [3.8, 4) is 0 Å². The first-order valence-corrected chi connectivity index (χ1v) is 7.25. The van der Waals surface area contributed by atoms with Crippen molar-refractivity contribution in [2.24, 2.45) is 9.98 Å². The van der Waals surface area contributed by atoms with Crippen molar-refractivity contribution in [1.29, 1.82) is 0 Å². The minimum absolute atomic E-state index is 0.862. The van der Waals surface area contributed by atoms with Gasteiger partial charge in [0.1, 0.15) is 16.5 Å². The largest absolute Gasteiger partial charge is 0.312 e. The summed E-state index contributed by atoms with van der Waals surface area (Å²) in [6.45, 7) is 8.05. The molecule has 0 aromatic carbocycles. The highest BCUT2D eigenvalue weighted by atomic mass is 32.1. The second-order valence-corrected chi connectivity index (χ2v) is 6.06. The van der Waals surface area contributed by atoms with Crippen LogP contribution in [-0.2, 0) is 0 Å². The number of aliphatic imine (C=N–C) groups is 2. The van der Waals surface area contributed by atoms with Crippen LogP contribution in [0, 0.1) is 13.8 Å². The van der Waals surface area contributed by atoms with Gasteiger partial charge in [0, 0.05) is 17.6 Å². The van der Waals surface area contributed by atoms with Gasteiger partial charge >= 0.3 is 0 Å². The van der Waals surface area contributed by atoms with Crippen LogP contribution in [0.15, 0.2) is 16.1 Å². The van der Waals surface area contributed by atoms with E-state index in [1.165, 1.54) is 15.8 Å². The summed E-state index contributed by atoms with van der Waals surface area (Å²) in [4.78, 5) is 18.6. The highest BCUT2D eigenvalue weighted by Crippen LogP contribution is 2.42. The minimum Gasteiger partial charge on any atom is -0.312 e. The van der Waals surface area contributed by atoms with E-state index < -0.39 is 0 Å². The summed E-state index contributed by atoms with van der Waals surface area (Å²) in [6.07, 6.45) is 0. The molecule has 0 unspecified atom stereocenters. The molecule has 0 saturated carbocycles. The van der Waals surface area contributed by atoms with E-state index in [0.717, 1.165) is 41.0 Å². The molecule has 2 aliphatic rings. The zero-order chi connectivity index (χ0) is 13.1. The van der Waals surface area contributed by atoms with Crippen molar-refractivity contribution in [1.82, 2.24) is 9.88 Å². The van der Waals surface area contributed by atoms with Crippen LogP contribution in [0.3, 0.4) is 0 Å². The number of hydrogen-bond donors (Lipinski definition) is 0. The molecule has 2 aromatic heterocycles. The number of aryl methyl sites for hydroxylation is 2. The maximum atomic E-state index is 4.80. The van der Waals surface area contributed by atoms with Crippen molar-refractivity contribution in [2.45, 2.75) is 20.8 Å². The Morgan fingerprint density at radius 3 is 2.95 bits per heavy atom. The average Bonchev–Trinajstić information content (AvgIpc) is 2.92. The lowest BCUT2D eigenvalue weighted by atomic mass is 10.1. The van der Waals surface area contributed by atoms with E-state index in [0.29, 0.717) is 0 Å². The number of nitrogens with zero attached hydrogens (tertiary/aromatic N) is 4. The number of aromatic nitrogens is 1. The molecule has 4 heterocycles. The number of fused-ring (bicyclic) bond motifs is 5. The van der Waals surface area contributed by atoms with Gasteiger partial charge < -0.3 is 4.90 Å². The lowest BCUT2D eigenvalue weighted by Gasteiger charge is -2.23. The third kappa shape index (κ3) is 1.42. The number of thiophene rings is 1. The van der Waals surface area contributed by atoms with Crippen molar-refractivity contribution in [3.63, 3.8) is 0 Å². The normalized spacial score (nSPS) is 17.3. The molecule has 0 amide bonds. The molecule has 0 spiro atoms. The van der Waals surface area contributed by atoms with Gasteiger partial charge in [-0.1, -0.05) is 0 Å². The predicted octanol–water partition coefficient (Wildman–Crippen LogP) is 3.04. The van der Waals surface area contributed by atoms with Gasteiger partial charge in [0.25, 0.3) is 0 Å². The first-order valence-electron chi connectivity index (χ1n) is 6.43. The van der Waals surface area contributed by atoms with Crippen LogP contribution in [0.1, 0.15) is 23.1 Å². The summed E-state index contributed by atoms with van der Waals surface area (Å²) in [5.41, 5.74) is 3.39. The molecule has 0 saturated heterocycles. The molecular formula is C14H14N4S. The zero-order valence-electron chi connectivity index (χ0n) is 11.2. The molecule has 0 atom stereocenters. The van der Waals surface area contributed by atoms with E-state index >= 15 is 0 Å². The second-order valence-electron chi connectivity index (χ2n) is 5.06.